The molecule has 0 fully saturated rings. The molecule has 0 aliphatic rings. The summed E-state index contributed by atoms with van der Waals surface area (Å²) in [5.74, 6) is 0.525. The Balaban J connectivity index is 2.21. The van der Waals surface area contributed by atoms with Crippen LogP contribution in [0.3, 0.4) is 0 Å². The molecule has 18 heavy (non-hydrogen) atoms. The number of carbonyl (C=O) groups excluding carboxylic acids is 2. The summed E-state index contributed by atoms with van der Waals surface area (Å²) in [6, 6.07) is 7.30. The first kappa shape index (κ1) is 12.1. The summed E-state index contributed by atoms with van der Waals surface area (Å²) in [5.41, 5.74) is 1.62. The molecule has 4 N–H and O–H groups in total. The lowest BCUT2D eigenvalue weighted by atomic mass is 10.2. The molecule has 94 valence electrons. The van der Waals surface area contributed by atoms with E-state index >= 15 is 0 Å². The first-order valence-electron chi connectivity index (χ1n) is 5.50. The van der Waals surface area contributed by atoms with Crippen molar-refractivity contribution in [2.75, 3.05) is 24.2 Å². The van der Waals surface area contributed by atoms with Gasteiger partial charge in [0, 0.05) is 16.6 Å². The maximum absolute atomic E-state index is 11.4. The fraction of sp³-hybridized carbons (Fsp3) is 0.167. The zero-order chi connectivity index (χ0) is 13.0. The number of rotatable bonds is 5. The van der Waals surface area contributed by atoms with Gasteiger partial charge in [0.2, 0.25) is 12.3 Å². The number of fused-ring (bicyclic) bond motifs is 1. The number of nitrogens with one attached hydrogen (secondary N) is 4. The molecule has 0 saturated heterocycles. The van der Waals surface area contributed by atoms with Gasteiger partial charge < -0.3 is 20.9 Å². The van der Waals surface area contributed by atoms with Crippen molar-refractivity contribution in [2.24, 2.45) is 0 Å². The van der Waals surface area contributed by atoms with Gasteiger partial charge in [0.05, 0.1) is 6.54 Å². The topological polar surface area (TPSA) is 86.0 Å². The van der Waals surface area contributed by atoms with Crippen LogP contribution in [0.25, 0.3) is 10.9 Å². The van der Waals surface area contributed by atoms with E-state index in [1.54, 1.807) is 19.2 Å². The average Bonchev–Trinajstić information content (AvgIpc) is 2.71. The minimum atomic E-state index is -0.0985. The Hall–Kier alpha value is -2.34. The highest BCUT2D eigenvalue weighted by atomic mass is 16.2. The number of benzene rings is 1. The number of hydrogen-bond donors (Lipinski definition) is 4. The molecular formula is C12H14N4O2. The van der Waals surface area contributed by atoms with Crippen LogP contribution in [0.2, 0.25) is 0 Å². The minimum absolute atomic E-state index is 0.0985. The van der Waals surface area contributed by atoms with Crippen LogP contribution in [0.1, 0.15) is 0 Å². The van der Waals surface area contributed by atoms with E-state index in [9.17, 15) is 9.59 Å². The van der Waals surface area contributed by atoms with Crippen LogP contribution in [-0.4, -0.2) is 30.9 Å². The predicted octanol–water partition coefficient (Wildman–Crippen LogP) is 0.894. The Kier molecular flexibility index (Phi) is 3.59. The molecule has 0 atom stereocenters. The van der Waals surface area contributed by atoms with Crippen LogP contribution in [0.15, 0.2) is 24.3 Å². The van der Waals surface area contributed by atoms with E-state index in [0.717, 1.165) is 16.6 Å². The molecule has 0 bridgehead atoms. The van der Waals surface area contributed by atoms with Gasteiger partial charge in [-0.2, -0.15) is 0 Å². The van der Waals surface area contributed by atoms with Gasteiger partial charge in [0.1, 0.15) is 5.82 Å². The number of anilines is 2. The zero-order valence-corrected chi connectivity index (χ0v) is 9.91. The molecular weight excluding hydrogens is 232 g/mol. The van der Waals surface area contributed by atoms with Crippen LogP contribution in [0, 0.1) is 0 Å². The van der Waals surface area contributed by atoms with E-state index in [1.807, 2.05) is 12.1 Å². The van der Waals surface area contributed by atoms with Crippen LogP contribution in [-0.2, 0) is 9.59 Å². The monoisotopic (exact) mass is 246 g/mol. The number of carbonyl (C=O) groups is 2. The van der Waals surface area contributed by atoms with Crippen molar-refractivity contribution < 1.29 is 9.59 Å². The molecule has 2 rings (SSSR count). The SMILES string of the molecule is CNCC(=O)Nc1ccc2[nH]c(NC=O)cc2c1. The van der Waals surface area contributed by atoms with Crippen molar-refractivity contribution in [1.29, 1.82) is 0 Å². The molecule has 0 radical (unpaired) electrons. The van der Waals surface area contributed by atoms with Crippen molar-refractivity contribution in [3.63, 3.8) is 0 Å². The molecule has 0 aliphatic heterocycles. The largest absolute Gasteiger partial charge is 0.341 e. The van der Waals surface area contributed by atoms with Crippen LogP contribution < -0.4 is 16.0 Å². The number of likely N-dealkylation sites (N-methyl/N-ethyl adjacent to an activating group) is 1. The van der Waals surface area contributed by atoms with E-state index in [-0.39, 0.29) is 12.5 Å². The summed E-state index contributed by atoms with van der Waals surface area (Å²) in [6.07, 6.45) is 0.611. The lowest BCUT2D eigenvalue weighted by Gasteiger charge is -2.04. The summed E-state index contributed by atoms with van der Waals surface area (Å²) in [6.45, 7) is 0.267. The molecule has 0 aliphatic carbocycles. The predicted molar refractivity (Wildman–Crippen MR) is 70.5 cm³/mol. The summed E-state index contributed by atoms with van der Waals surface area (Å²) in [4.78, 5) is 24.8. The molecule has 0 saturated carbocycles. The summed E-state index contributed by atoms with van der Waals surface area (Å²) in [7, 11) is 1.71. The lowest BCUT2D eigenvalue weighted by Crippen LogP contribution is -2.24. The van der Waals surface area contributed by atoms with Gasteiger partial charge >= 0.3 is 0 Å². The Labute approximate surface area is 104 Å². The van der Waals surface area contributed by atoms with Crippen molar-refractivity contribution in [2.45, 2.75) is 0 Å². The van der Waals surface area contributed by atoms with Crippen molar-refractivity contribution in [3.05, 3.63) is 24.3 Å². The van der Waals surface area contributed by atoms with Crippen LogP contribution >= 0.6 is 0 Å². The molecule has 0 unspecified atom stereocenters. The van der Waals surface area contributed by atoms with E-state index in [0.29, 0.717) is 12.2 Å². The molecule has 0 spiro atoms. The fourth-order valence-corrected chi connectivity index (χ4v) is 1.72. The molecule has 6 heteroatoms. The Morgan fingerprint density at radius 1 is 1.39 bits per heavy atom. The third kappa shape index (κ3) is 2.67. The summed E-state index contributed by atoms with van der Waals surface area (Å²) < 4.78 is 0. The number of H-pyrrole nitrogens is 1. The average molecular weight is 246 g/mol. The third-order valence-corrected chi connectivity index (χ3v) is 2.46. The Bertz CT molecular complexity index is 576. The van der Waals surface area contributed by atoms with E-state index < -0.39 is 0 Å². The smallest absolute Gasteiger partial charge is 0.238 e. The van der Waals surface area contributed by atoms with Gasteiger partial charge in [-0.05, 0) is 31.3 Å². The van der Waals surface area contributed by atoms with Crippen LogP contribution in [0.5, 0.6) is 0 Å². The summed E-state index contributed by atoms with van der Waals surface area (Å²) >= 11 is 0. The Morgan fingerprint density at radius 2 is 2.22 bits per heavy atom. The minimum Gasteiger partial charge on any atom is -0.341 e. The van der Waals surface area contributed by atoms with Gasteiger partial charge in [-0.1, -0.05) is 0 Å². The molecule has 6 nitrogen and oxygen atoms in total. The second-order valence-electron chi connectivity index (χ2n) is 3.83. The van der Waals surface area contributed by atoms with Gasteiger partial charge in [-0.25, -0.2) is 0 Å². The molecule has 1 aromatic heterocycles. The maximum Gasteiger partial charge on any atom is 0.238 e. The number of amides is 2. The van der Waals surface area contributed by atoms with E-state index in [2.05, 4.69) is 20.9 Å². The molecule has 1 aromatic carbocycles. The van der Waals surface area contributed by atoms with E-state index in [1.165, 1.54) is 0 Å². The van der Waals surface area contributed by atoms with Gasteiger partial charge in [-0.3, -0.25) is 9.59 Å². The highest BCUT2D eigenvalue weighted by Crippen LogP contribution is 2.22. The van der Waals surface area contributed by atoms with Crippen molar-refractivity contribution >= 4 is 34.7 Å². The lowest BCUT2D eigenvalue weighted by molar-refractivity contribution is -0.115. The quantitative estimate of drug-likeness (QED) is 0.591. The van der Waals surface area contributed by atoms with Gasteiger partial charge in [0.25, 0.3) is 0 Å². The standard InChI is InChI=1S/C12H14N4O2/c1-13-6-12(18)15-9-2-3-10-8(4-9)5-11(16-10)14-7-17/h2-5,7,13,16H,6H2,1H3,(H,14,17)(H,15,18). The second-order valence-corrected chi connectivity index (χ2v) is 3.83. The first-order valence-corrected chi connectivity index (χ1v) is 5.50. The van der Waals surface area contributed by atoms with Crippen molar-refractivity contribution in [3.8, 4) is 0 Å². The second kappa shape index (κ2) is 5.33. The molecule has 2 amide bonds. The van der Waals surface area contributed by atoms with Gasteiger partial charge in [-0.15, -0.1) is 0 Å². The van der Waals surface area contributed by atoms with Crippen molar-refractivity contribution in [1.82, 2.24) is 10.3 Å². The van der Waals surface area contributed by atoms with Crippen LogP contribution in [0.4, 0.5) is 11.5 Å². The van der Waals surface area contributed by atoms with Gasteiger partial charge in [0.15, 0.2) is 0 Å². The normalized spacial score (nSPS) is 10.3. The number of aromatic nitrogens is 1. The molecule has 1 heterocycles. The fourth-order valence-electron chi connectivity index (χ4n) is 1.72. The highest BCUT2D eigenvalue weighted by Gasteiger charge is 2.04. The number of hydrogen-bond acceptors (Lipinski definition) is 3. The molecule has 2 aromatic rings. The Morgan fingerprint density at radius 3 is 2.94 bits per heavy atom. The first-order chi connectivity index (χ1) is 8.72. The third-order valence-electron chi connectivity index (χ3n) is 2.46. The zero-order valence-electron chi connectivity index (χ0n) is 9.91. The summed E-state index contributed by atoms with van der Waals surface area (Å²) in [5, 5.41) is 9.01. The van der Waals surface area contributed by atoms with E-state index in [4.69, 9.17) is 0 Å². The highest BCUT2D eigenvalue weighted by molar-refractivity contribution is 5.96. The maximum atomic E-state index is 11.4. The number of aromatic amines is 1.